The van der Waals surface area contributed by atoms with E-state index in [1.807, 2.05) is 12.1 Å². The van der Waals surface area contributed by atoms with Crippen molar-refractivity contribution in [3.63, 3.8) is 0 Å². The van der Waals surface area contributed by atoms with Crippen LogP contribution in [0.3, 0.4) is 0 Å². The summed E-state index contributed by atoms with van der Waals surface area (Å²) in [5, 5.41) is 0. The van der Waals surface area contributed by atoms with E-state index in [-0.39, 0.29) is 11.3 Å². The Kier molecular flexibility index (Phi) is 3.56. The highest BCUT2D eigenvalue weighted by molar-refractivity contribution is 5.97. The van der Waals surface area contributed by atoms with Gasteiger partial charge in [-0.3, -0.25) is 9.59 Å². The molecule has 0 radical (unpaired) electrons. The monoisotopic (exact) mass is 284 g/mol. The first kappa shape index (κ1) is 13.5. The second kappa shape index (κ2) is 5.52. The SMILES string of the molecule is COc1ncccc1Cn1c2c(ccc1=O)C(=O)CCC2. The second-order valence-corrected chi connectivity index (χ2v) is 5.07. The number of ketones is 1. The Balaban J connectivity index is 2.09. The molecule has 0 aromatic carbocycles. The lowest BCUT2D eigenvalue weighted by atomic mass is 9.94. The Morgan fingerprint density at radius 1 is 1.24 bits per heavy atom. The van der Waals surface area contributed by atoms with Crippen LogP contribution in [0.4, 0.5) is 0 Å². The Bertz CT molecular complexity index is 749. The molecule has 0 bridgehead atoms. The highest BCUT2D eigenvalue weighted by Gasteiger charge is 2.21. The van der Waals surface area contributed by atoms with Crippen molar-refractivity contribution in [2.75, 3.05) is 7.11 Å². The molecule has 108 valence electrons. The smallest absolute Gasteiger partial charge is 0.251 e. The van der Waals surface area contributed by atoms with Gasteiger partial charge in [-0.2, -0.15) is 0 Å². The summed E-state index contributed by atoms with van der Waals surface area (Å²) >= 11 is 0. The number of Topliss-reactive ketones (excluding diaryl/α,β-unsaturated/α-hetero) is 1. The molecule has 0 fully saturated rings. The van der Waals surface area contributed by atoms with Crippen molar-refractivity contribution in [2.45, 2.75) is 25.8 Å². The third-order valence-corrected chi connectivity index (χ3v) is 3.78. The van der Waals surface area contributed by atoms with Gasteiger partial charge in [0.2, 0.25) is 5.88 Å². The van der Waals surface area contributed by atoms with E-state index in [1.165, 1.54) is 6.07 Å². The fraction of sp³-hybridized carbons (Fsp3) is 0.312. The van der Waals surface area contributed by atoms with E-state index < -0.39 is 0 Å². The van der Waals surface area contributed by atoms with Crippen LogP contribution in [0.5, 0.6) is 5.88 Å². The van der Waals surface area contributed by atoms with Gasteiger partial charge in [-0.05, 0) is 25.0 Å². The first-order valence-corrected chi connectivity index (χ1v) is 6.94. The molecular formula is C16H16N2O3. The highest BCUT2D eigenvalue weighted by atomic mass is 16.5. The largest absolute Gasteiger partial charge is 0.481 e. The van der Waals surface area contributed by atoms with E-state index in [4.69, 9.17) is 4.74 Å². The number of nitrogens with zero attached hydrogens (tertiary/aromatic N) is 2. The fourth-order valence-corrected chi connectivity index (χ4v) is 2.77. The average Bonchev–Trinajstić information content (AvgIpc) is 2.51. The standard InChI is InChI=1S/C16H16N2O3/c1-21-16-11(4-3-9-17-16)10-18-13-5-2-6-14(19)12(13)7-8-15(18)20/h3-4,7-9H,2,5-6,10H2,1H3. The van der Waals surface area contributed by atoms with Gasteiger partial charge < -0.3 is 9.30 Å². The molecule has 2 aromatic heterocycles. The topological polar surface area (TPSA) is 61.2 Å². The van der Waals surface area contributed by atoms with E-state index in [0.717, 1.165) is 24.1 Å². The molecule has 0 N–H and O–H groups in total. The third kappa shape index (κ3) is 2.46. The number of methoxy groups -OCH3 is 1. The van der Waals surface area contributed by atoms with Crippen molar-refractivity contribution in [2.24, 2.45) is 0 Å². The summed E-state index contributed by atoms with van der Waals surface area (Å²) in [5.74, 6) is 0.618. The van der Waals surface area contributed by atoms with E-state index in [1.54, 1.807) is 23.9 Å². The minimum atomic E-state index is -0.102. The van der Waals surface area contributed by atoms with E-state index in [2.05, 4.69) is 4.98 Å². The molecule has 0 saturated heterocycles. The normalized spacial score (nSPS) is 13.9. The Hall–Kier alpha value is -2.43. The van der Waals surface area contributed by atoms with Crippen LogP contribution in [-0.2, 0) is 13.0 Å². The molecule has 21 heavy (non-hydrogen) atoms. The van der Waals surface area contributed by atoms with Gasteiger partial charge in [0.15, 0.2) is 5.78 Å². The molecule has 0 spiro atoms. The Morgan fingerprint density at radius 3 is 2.90 bits per heavy atom. The van der Waals surface area contributed by atoms with Crippen molar-refractivity contribution in [1.82, 2.24) is 9.55 Å². The quantitative estimate of drug-likeness (QED) is 0.862. The molecule has 1 aliphatic carbocycles. The zero-order valence-corrected chi connectivity index (χ0v) is 11.8. The summed E-state index contributed by atoms with van der Waals surface area (Å²) in [6.07, 6.45) is 3.75. The molecule has 2 heterocycles. The zero-order chi connectivity index (χ0) is 14.8. The minimum absolute atomic E-state index is 0.102. The summed E-state index contributed by atoms with van der Waals surface area (Å²) < 4.78 is 6.89. The molecule has 0 unspecified atom stereocenters. The first-order valence-electron chi connectivity index (χ1n) is 6.94. The lowest BCUT2D eigenvalue weighted by Crippen LogP contribution is -2.28. The van der Waals surface area contributed by atoms with Gasteiger partial charge in [-0.15, -0.1) is 0 Å². The van der Waals surface area contributed by atoms with Crippen LogP contribution >= 0.6 is 0 Å². The van der Waals surface area contributed by atoms with Crippen molar-refractivity contribution >= 4 is 5.78 Å². The number of rotatable bonds is 3. The van der Waals surface area contributed by atoms with Gasteiger partial charge >= 0.3 is 0 Å². The first-order chi connectivity index (χ1) is 10.2. The minimum Gasteiger partial charge on any atom is -0.481 e. The number of hydrogen-bond donors (Lipinski definition) is 0. The average molecular weight is 284 g/mol. The van der Waals surface area contributed by atoms with Crippen LogP contribution in [0.25, 0.3) is 0 Å². The maximum atomic E-state index is 12.2. The molecule has 5 nitrogen and oxygen atoms in total. The molecule has 1 aliphatic rings. The predicted octanol–water partition coefficient (Wildman–Crippen LogP) is 1.82. The lowest BCUT2D eigenvalue weighted by Gasteiger charge is -2.20. The van der Waals surface area contributed by atoms with Gasteiger partial charge in [0.05, 0.1) is 13.7 Å². The summed E-state index contributed by atoms with van der Waals surface area (Å²) in [7, 11) is 1.55. The van der Waals surface area contributed by atoms with Crippen LogP contribution in [0.2, 0.25) is 0 Å². The van der Waals surface area contributed by atoms with E-state index >= 15 is 0 Å². The molecule has 5 heteroatoms. The van der Waals surface area contributed by atoms with Gasteiger partial charge in [-0.1, -0.05) is 6.07 Å². The molecule has 3 rings (SSSR count). The number of aromatic nitrogens is 2. The van der Waals surface area contributed by atoms with Crippen molar-refractivity contribution in [3.8, 4) is 5.88 Å². The summed E-state index contributed by atoms with van der Waals surface area (Å²) in [6.45, 7) is 0.367. The van der Waals surface area contributed by atoms with E-state index in [0.29, 0.717) is 24.4 Å². The molecule has 0 saturated carbocycles. The summed E-state index contributed by atoms with van der Waals surface area (Å²) in [5.41, 5.74) is 2.22. The van der Waals surface area contributed by atoms with Crippen molar-refractivity contribution in [1.29, 1.82) is 0 Å². The molecule has 0 atom stereocenters. The van der Waals surface area contributed by atoms with Crippen molar-refractivity contribution in [3.05, 3.63) is 57.6 Å². The van der Waals surface area contributed by atoms with Crippen LogP contribution in [0.15, 0.2) is 35.3 Å². The van der Waals surface area contributed by atoms with Crippen LogP contribution < -0.4 is 10.3 Å². The number of hydrogen-bond acceptors (Lipinski definition) is 4. The van der Waals surface area contributed by atoms with Crippen molar-refractivity contribution < 1.29 is 9.53 Å². The third-order valence-electron chi connectivity index (χ3n) is 3.78. The van der Waals surface area contributed by atoms with Gasteiger partial charge in [0.25, 0.3) is 5.56 Å². The lowest BCUT2D eigenvalue weighted by molar-refractivity contribution is 0.0970. The van der Waals surface area contributed by atoms with Gasteiger partial charge in [0.1, 0.15) is 0 Å². The van der Waals surface area contributed by atoms with Crippen LogP contribution in [-0.4, -0.2) is 22.4 Å². The Morgan fingerprint density at radius 2 is 2.10 bits per heavy atom. The molecule has 0 aliphatic heterocycles. The van der Waals surface area contributed by atoms with Gasteiger partial charge in [-0.25, -0.2) is 4.98 Å². The number of carbonyl (C=O) groups excluding carboxylic acids is 1. The fourth-order valence-electron chi connectivity index (χ4n) is 2.77. The maximum Gasteiger partial charge on any atom is 0.251 e. The zero-order valence-electron chi connectivity index (χ0n) is 11.8. The van der Waals surface area contributed by atoms with E-state index in [9.17, 15) is 9.59 Å². The highest BCUT2D eigenvalue weighted by Crippen LogP contribution is 2.22. The number of fused-ring (bicyclic) bond motifs is 1. The number of ether oxygens (including phenoxy) is 1. The second-order valence-electron chi connectivity index (χ2n) is 5.07. The van der Waals surface area contributed by atoms with Crippen LogP contribution in [0, 0.1) is 0 Å². The summed E-state index contributed by atoms with van der Waals surface area (Å²) in [4.78, 5) is 28.3. The van der Waals surface area contributed by atoms with Crippen LogP contribution in [0.1, 0.15) is 34.5 Å². The predicted molar refractivity (Wildman–Crippen MR) is 77.9 cm³/mol. The number of carbonyl (C=O) groups is 1. The number of pyridine rings is 2. The molecule has 2 aromatic rings. The molecule has 0 amide bonds. The maximum absolute atomic E-state index is 12.2. The molecular weight excluding hydrogens is 268 g/mol. The Labute approximate surface area is 122 Å². The summed E-state index contributed by atoms with van der Waals surface area (Å²) in [6, 6.07) is 6.80. The van der Waals surface area contributed by atoms with Gasteiger partial charge in [0, 0.05) is 35.5 Å².